The van der Waals surface area contributed by atoms with Gasteiger partial charge in [0.25, 0.3) is 17.7 Å². The lowest BCUT2D eigenvalue weighted by molar-refractivity contribution is 0.0296. The number of fused-ring (bicyclic) bond motifs is 6. The summed E-state index contributed by atoms with van der Waals surface area (Å²) in [5.41, 5.74) is 7.62. The lowest BCUT2D eigenvalue weighted by atomic mass is 10.1. The van der Waals surface area contributed by atoms with E-state index in [2.05, 4.69) is 94.5 Å². The van der Waals surface area contributed by atoms with Crippen LogP contribution in [0.2, 0.25) is 5.02 Å². The highest BCUT2D eigenvalue weighted by Gasteiger charge is 2.33. The summed E-state index contributed by atoms with van der Waals surface area (Å²) < 4.78 is 51.7. The number of morpholine rings is 3. The molecule has 0 spiro atoms. The first kappa shape index (κ1) is 68.8. The van der Waals surface area contributed by atoms with Crippen LogP contribution in [-0.2, 0) is 14.2 Å². The maximum Gasteiger partial charge on any atom is 0.257 e. The van der Waals surface area contributed by atoms with Crippen LogP contribution in [-0.4, -0.2) is 214 Å². The van der Waals surface area contributed by atoms with Crippen LogP contribution in [0.1, 0.15) is 95.6 Å². The fourth-order valence-electron chi connectivity index (χ4n) is 12.5. The molecule has 30 nitrogen and oxygen atoms in total. The maximum atomic E-state index is 13.1. The number of carbonyl (C=O) groups is 3. The summed E-state index contributed by atoms with van der Waals surface area (Å²) in [6.07, 6.45) is 9.95. The first-order valence-electron chi connectivity index (χ1n) is 35.0. The Labute approximate surface area is 593 Å². The van der Waals surface area contributed by atoms with Crippen molar-refractivity contribution in [1.82, 2.24) is 59.6 Å². The normalized spacial score (nSPS) is 16.8. The minimum absolute atomic E-state index is 0.0869. The molecule has 102 heavy (non-hydrogen) atoms. The summed E-state index contributed by atoms with van der Waals surface area (Å²) in [5.74, 6) is 6.64. The lowest BCUT2D eigenvalue weighted by Crippen LogP contribution is -2.41. The Morgan fingerprint density at radius 3 is 1.15 bits per heavy atom. The molecular formula is C71H85ClN18O12. The molecular weight excluding hydrogens is 1330 g/mol. The number of aryl methyl sites for hydroxylation is 2. The highest BCUT2D eigenvalue weighted by molar-refractivity contribution is 6.36. The zero-order chi connectivity index (χ0) is 70.4. The van der Waals surface area contributed by atoms with E-state index in [9.17, 15) is 14.4 Å². The molecule has 1 aliphatic carbocycles. The van der Waals surface area contributed by atoms with Gasteiger partial charge in [-0.05, 0) is 107 Å². The van der Waals surface area contributed by atoms with Gasteiger partial charge in [0, 0.05) is 76.5 Å². The van der Waals surface area contributed by atoms with Gasteiger partial charge in [0.15, 0.2) is 34.5 Å². The van der Waals surface area contributed by atoms with Crippen molar-refractivity contribution in [3.05, 3.63) is 87.8 Å². The van der Waals surface area contributed by atoms with Gasteiger partial charge < -0.3 is 104 Å². The number of nitrogens with one attached hydrogen (secondary N) is 9. The van der Waals surface area contributed by atoms with Gasteiger partial charge in [0.05, 0.1) is 94.6 Å². The van der Waals surface area contributed by atoms with E-state index in [0.29, 0.717) is 227 Å². The van der Waals surface area contributed by atoms with Gasteiger partial charge in [0.2, 0.25) is 17.8 Å². The Hall–Kier alpha value is -10.3. The number of benzene rings is 3. The van der Waals surface area contributed by atoms with Crippen LogP contribution in [0.15, 0.2) is 55.0 Å². The van der Waals surface area contributed by atoms with Crippen LogP contribution in [0.3, 0.4) is 0 Å². The first-order valence-corrected chi connectivity index (χ1v) is 35.4. The predicted octanol–water partition coefficient (Wildman–Crippen LogP) is 10.3. The van der Waals surface area contributed by atoms with Gasteiger partial charge in [-0.25, -0.2) is 0 Å². The molecule has 9 aromatic rings. The molecule has 2 atom stereocenters. The summed E-state index contributed by atoms with van der Waals surface area (Å²) in [6.45, 7) is 22.3. The van der Waals surface area contributed by atoms with E-state index < -0.39 is 0 Å². The number of ether oxygens (including phenoxy) is 9. The Bertz CT molecular complexity index is 4360. The summed E-state index contributed by atoms with van der Waals surface area (Å²) in [4.78, 5) is 82.4. The summed E-state index contributed by atoms with van der Waals surface area (Å²) >= 11 is 6.38. The Balaban J connectivity index is 0.000000130. The average Bonchev–Trinajstić information content (AvgIpc) is 1.66. The van der Waals surface area contributed by atoms with Gasteiger partial charge in [-0.2, -0.15) is 29.9 Å². The molecule has 3 aromatic carbocycles. The van der Waals surface area contributed by atoms with E-state index in [4.69, 9.17) is 64.2 Å². The number of carbonyl (C=O) groups excluding carboxylic acids is 3. The summed E-state index contributed by atoms with van der Waals surface area (Å²) in [7, 11) is 0. The summed E-state index contributed by atoms with van der Waals surface area (Å²) in [6, 6.07) is 11.2. The van der Waals surface area contributed by atoms with Crippen LogP contribution in [0.25, 0.3) is 33.1 Å². The standard InChI is InChI=1S/2C24H30N6O4.C23H25ClN6O4/c2*1-4-15(3)26-22-18-14(2)13-25-21(18)28-24(29-22)27-17-6-5-16(19-20(17)34-12-11-33-19)23(31)30-7-9-32-10-8-30;24-15-12-26-21-17(15)20(25-11-13-1-2-13)28-23(29-21)27-16-4-3-14(18-19(16)34-10-9-33-18)22(31)30-5-7-32-8-6-30/h2*5-6,13,15H,4,7-12H2,1-3H3,(H3,25,26,27,28,29);3-4,12-13H,1-2,5-11H2,(H3,25,26,27,28,29)/t2*15-;/m10./s1. The third kappa shape index (κ3) is 15.0. The zero-order valence-electron chi connectivity index (χ0n) is 58.0. The zero-order valence-corrected chi connectivity index (χ0v) is 58.7. The van der Waals surface area contributed by atoms with E-state index in [-0.39, 0.29) is 29.8 Å². The summed E-state index contributed by atoms with van der Waals surface area (Å²) in [5, 5.41) is 23.5. The molecule has 6 aromatic heterocycles. The number of anilines is 9. The number of hydrogen-bond acceptors (Lipinski definition) is 24. The van der Waals surface area contributed by atoms with Crippen molar-refractivity contribution in [2.75, 3.05) is 157 Å². The number of hydrogen-bond donors (Lipinski definition) is 9. The lowest BCUT2D eigenvalue weighted by Gasteiger charge is -2.29. The first-order chi connectivity index (χ1) is 49.8. The van der Waals surface area contributed by atoms with Crippen molar-refractivity contribution in [2.45, 2.75) is 79.3 Å². The van der Waals surface area contributed by atoms with Gasteiger partial charge in [-0.3, -0.25) is 14.4 Å². The minimum Gasteiger partial charge on any atom is -0.485 e. The van der Waals surface area contributed by atoms with Crippen LogP contribution in [0, 0.1) is 19.8 Å². The topological polar surface area (TPSA) is 341 Å². The van der Waals surface area contributed by atoms with Crippen LogP contribution >= 0.6 is 11.6 Å². The second-order valence-corrected chi connectivity index (χ2v) is 26.2. The van der Waals surface area contributed by atoms with E-state index >= 15 is 0 Å². The van der Waals surface area contributed by atoms with Crippen LogP contribution in [0.5, 0.6) is 34.5 Å². The molecule has 7 aliphatic rings. The van der Waals surface area contributed by atoms with Gasteiger partial charge >= 0.3 is 0 Å². The second kappa shape index (κ2) is 30.9. The van der Waals surface area contributed by atoms with E-state index in [1.54, 1.807) is 45.2 Å². The molecule has 0 unspecified atom stereocenters. The highest BCUT2D eigenvalue weighted by atomic mass is 35.5. The molecule has 3 amide bonds. The molecule has 1 saturated carbocycles. The number of amides is 3. The quantitative estimate of drug-likeness (QED) is 0.0385. The smallest absolute Gasteiger partial charge is 0.257 e. The number of H-pyrrole nitrogens is 3. The molecule has 16 rings (SSSR count). The fourth-order valence-corrected chi connectivity index (χ4v) is 12.7. The van der Waals surface area contributed by atoms with E-state index in [0.717, 1.165) is 69.6 Å². The Morgan fingerprint density at radius 2 is 0.794 bits per heavy atom. The molecule has 31 heteroatoms. The molecule has 0 radical (unpaired) electrons. The van der Waals surface area contributed by atoms with Crippen molar-refractivity contribution in [3.8, 4) is 34.5 Å². The average molecular weight is 1420 g/mol. The number of aromatic amines is 3. The van der Waals surface area contributed by atoms with Crippen molar-refractivity contribution >= 4 is 115 Å². The fraction of sp³-hybridized carbons (Fsp3) is 0.451. The number of halogens is 1. The monoisotopic (exact) mass is 1420 g/mol. The molecule has 538 valence electrons. The Morgan fingerprint density at radius 1 is 0.461 bits per heavy atom. The molecule has 0 bridgehead atoms. The molecule has 6 aliphatic heterocycles. The number of aromatic nitrogens is 9. The van der Waals surface area contributed by atoms with Gasteiger partial charge in [-0.15, -0.1) is 0 Å². The van der Waals surface area contributed by atoms with Crippen molar-refractivity contribution in [2.24, 2.45) is 5.92 Å². The number of rotatable bonds is 18. The molecule has 9 N–H and O–H groups in total. The molecule has 4 fully saturated rings. The second-order valence-electron chi connectivity index (χ2n) is 25.8. The Kier molecular flexibility index (Phi) is 20.8. The molecule has 12 heterocycles. The van der Waals surface area contributed by atoms with Gasteiger partial charge in [0.1, 0.15) is 74.0 Å². The van der Waals surface area contributed by atoms with Crippen molar-refractivity contribution in [1.29, 1.82) is 0 Å². The minimum atomic E-state index is -0.0955. The SMILES string of the molecule is CC[C@@H](C)Nc1nc(Nc2ccc(C(=O)N3CCOCC3)c3c2OCCO3)nc2[nH]cc(C)c12.CC[C@H](C)Nc1nc(Nc2ccc(C(=O)N3CCOCC3)c3c2OCCO3)nc2[nH]cc(C)c12.O=C(c1ccc(Nc2nc(NCC3CC3)c3c(Cl)c[nH]c3n2)c2c1OCCO2)N1CCOCC1. The highest BCUT2D eigenvalue weighted by Crippen LogP contribution is 2.46. The van der Waals surface area contributed by atoms with Crippen molar-refractivity contribution in [3.63, 3.8) is 0 Å². The van der Waals surface area contributed by atoms with E-state index in [1.165, 1.54) is 12.8 Å². The third-order valence-electron chi connectivity index (χ3n) is 18.6. The third-order valence-corrected chi connectivity index (χ3v) is 18.9. The molecule has 3 saturated heterocycles. The van der Waals surface area contributed by atoms with E-state index in [1.807, 2.05) is 38.4 Å². The maximum absolute atomic E-state index is 13.1. The van der Waals surface area contributed by atoms with Crippen LogP contribution in [0.4, 0.5) is 52.4 Å². The number of nitrogens with zero attached hydrogens (tertiary/aromatic N) is 9. The predicted molar refractivity (Wildman–Crippen MR) is 386 cm³/mol. The van der Waals surface area contributed by atoms with Crippen molar-refractivity contribution < 1.29 is 57.0 Å². The largest absolute Gasteiger partial charge is 0.485 e. The van der Waals surface area contributed by atoms with Crippen LogP contribution < -0.4 is 60.3 Å². The van der Waals surface area contributed by atoms with Gasteiger partial charge in [-0.1, -0.05) is 25.4 Å².